The van der Waals surface area contributed by atoms with Gasteiger partial charge in [0.1, 0.15) is 0 Å². The number of fused-ring (bicyclic) bond motifs is 1. The number of amides is 1. The Kier molecular flexibility index (Phi) is 7.70. The molecule has 1 heterocycles. The maximum Gasteiger partial charge on any atom is 0.258 e. The van der Waals surface area contributed by atoms with E-state index in [4.69, 9.17) is 9.47 Å². The van der Waals surface area contributed by atoms with Crippen LogP contribution in [0.2, 0.25) is 0 Å². The Balaban J connectivity index is 1.45. The van der Waals surface area contributed by atoms with E-state index in [0.717, 1.165) is 25.2 Å². The zero-order chi connectivity index (χ0) is 23.9. The first-order valence-electron chi connectivity index (χ1n) is 11.7. The van der Waals surface area contributed by atoms with E-state index in [1.807, 2.05) is 32.3 Å². The summed E-state index contributed by atoms with van der Waals surface area (Å²) in [4.78, 5) is 17.2. The van der Waals surface area contributed by atoms with Crippen molar-refractivity contribution in [1.29, 1.82) is 0 Å². The van der Waals surface area contributed by atoms with Crippen molar-refractivity contribution in [2.24, 2.45) is 0 Å². The van der Waals surface area contributed by atoms with Gasteiger partial charge in [-0.15, -0.1) is 0 Å². The quantitative estimate of drug-likeness (QED) is 0.523. The number of para-hydroxylation sites is 2. The van der Waals surface area contributed by atoms with Crippen molar-refractivity contribution in [1.82, 2.24) is 10.2 Å². The molecule has 34 heavy (non-hydrogen) atoms. The number of hydrogen-bond acceptors (Lipinski definition) is 5. The number of hydrogen-bond donors (Lipinski definition) is 1. The molecule has 0 saturated carbocycles. The van der Waals surface area contributed by atoms with Crippen molar-refractivity contribution < 1.29 is 14.3 Å². The Morgan fingerprint density at radius 1 is 0.971 bits per heavy atom. The number of ether oxygens (including phenoxy) is 2. The molecule has 1 N–H and O–H groups in total. The van der Waals surface area contributed by atoms with Gasteiger partial charge in [0, 0.05) is 39.4 Å². The lowest BCUT2D eigenvalue weighted by Crippen LogP contribution is -2.41. The molecular formula is C28H33N3O3. The fraction of sp³-hybridized carbons (Fsp3) is 0.321. The molecule has 0 radical (unpaired) electrons. The van der Waals surface area contributed by atoms with E-state index in [9.17, 15) is 4.79 Å². The molecule has 0 spiro atoms. The second kappa shape index (κ2) is 11.1. The minimum absolute atomic E-state index is 0.0600. The van der Waals surface area contributed by atoms with E-state index in [1.54, 1.807) is 13.2 Å². The van der Waals surface area contributed by atoms with Crippen LogP contribution in [0.3, 0.4) is 0 Å². The van der Waals surface area contributed by atoms with Crippen molar-refractivity contribution in [2.45, 2.75) is 19.0 Å². The lowest BCUT2D eigenvalue weighted by molar-refractivity contribution is -0.123. The zero-order valence-corrected chi connectivity index (χ0v) is 20.2. The predicted molar refractivity (Wildman–Crippen MR) is 136 cm³/mol. The van der Waals surface area contributed by atoms with Crippen LogP contribution in [0, 0.1) is 0 Å². The van der Waals surface area contributed by atoms with Crippen LogP contribution in [0.1, 0.15) is 22.7 Å². The molecule has 1 atom stereocenters. The molecule has 6 nitrogen and oxygen atoms in total. The Labute approximate surface area is 202 Å². The molecule has 6 heteroatoms. The third kappa shape index (κ3) is 5.69. The molecule has 4 rings (SSSR count). The van der Waals surface area contributed by atoms with Gasteiger partial charge in [-0.3, -0.25) is 9.69 Å². The highest BCUT2D eigenvalue weighted by atomic mass is 16.5. The molecule has 0 bridgehead atoms. The van der Waals surface area contributed by atoms with Crippen molar-refractivity contribution in [3.05, 3.63) is 89.5 Å². The lowest BCUT2D eigenvalue weighted by atomic mass is 9.96. The maximum absolute atomic E-state index is 12.7. The van der Waals surface area contributed by atoms with E-state index in [0.29, 0.717) is 18.0 Å². The lowest BCUT2D eigenvalue weighted by Gasteiger charge is -2.36. The van der Waals surface area contributed by atoms with Gasteiger partial charge in [0.15, 0.2) is 18.1 Å². The minimum atomic E-state index is -0.154. The fourth-order valence-electron chi connectivity index (χ4n) is 4.38. The summed E-state index contributed by atoms with van der Waals surface area (Å²) in [7, 11) is 5.66. The number of methoxy groups -OCH3 is 1. The molecule has 0 fully saturated rings. The summed E-state index contributed by atoms with van der Waals surface area (Å²) in [5.41, 5.74) is 5.11. The Hall–Kier alpha value is -3.51. The summed E-state index contributed by atoms with van der Waals surface area (Å²) >= 11 is 0. The van der Waals surface area contributed by atoms with Crippen molar-refractivity contribution in [3.63, 3.8) is 0 Å². The highest BCUT2D eigenvalue weighted by molar-refractivity contribution is 5.77. The number of carbonyl (C=O) groups is 1. The van der Waals surface area contributed by atoms with Crippen LogP contribution in [-0.2, 0) is 17.8 Å². The molecule has 178 valence electrons. The molecule has 0 unspecified atom stereocenters. The van der Waals surface area contributed by atoms with Gasteiger partial charge in [0.25, 0.3) is 5.91 Å². The zero-order valence-electron chi connectivity index (χ0n) is 20.2. The van der Waals surface area contributed by atoms with E-state index in [2.05, 4.69) is 63.6 Å². The molecule has 0 aliphatic carbocycles. The van der Waals surface area contributed by atoms with Crippen LogP contribution in [0.15, 0.2) is 72.8 Å². The van der Waals surface area contributed by atoms with Crippen LogP contribution in [-0.4, -0.2) is 51.7 Å². The first-order valence-corrected chi connectivity index (χ1v) is 11.7. The monoisotopic (exact) mass is 459 g/mol. The summed E-state index contributed by atoms with van der Waals surface area (Å²) in [6, 6.07) is 24.6. The minimum Gasteiger partial charge on any atom is -0.493 e. The first kappa shape index (κ1) is 23.6. The van der Waals surface area contributed by atoms with Gasteiger partial charge in [-0.1, -0.05) is 48.5 Å². The van der Waals surface area contributed by atoms with Gasteiger partial charge in [0.05, 0.1) is 13.2 Å². The van der Waals surface area contributed by atoms with E-state index < -0.39 is 0 Å². The first-order chi connectivity index (χ1) is 16.5. The number of nitrogens with zero attached hydrogens (tertiary/aromatic N) is 2. The molecule has 0 aromatic heterocycles. The second-order valence-corrected chi connectivity index (χ2v) is 8.73. The normalized spacial score (nSPS) is 14.1. The number of anilines is 1. The van der Waals surface area contributed by atoms with Crippen molar-refractivity contribution >= 4 is 11.6 Å². The molecular weight excluding hydrogens is 426 g/mol. The Bertz CT molecular complexity index is 1100. The maximum atomic E-state index is 12.7. The van der Waals surface area contributed by atoms with E-state index >= 15 is 0 Å². The van der Waals surface area contributed by atoms with Gasteiger partial charge in [0.2, 0.25) is 0 Å². The molecule has 0 saturated heterocycles. The van der Waals surface area contributed by atoms with Crippen LogP contribution >= 0.6 is 0 Å². The van der Waals surface area contributed by atoms with Crippen molar-refractivity contribution in [2.75, 3.05) is 45.8 Å². The Morgan fingerprint density at radius 3 is 2.35 bits per heavy atom. The van der Waals surface area contributed by atoms with Crippen molar-refractivity contribution in [3.8, 4) is 11.5 Å². The second-order valence-electron chi connectivity index (χ2n) is 8.73. The third-order valence-corrected chi connectivity index (χ3v) is 6.32. The largest absolute Gasteiger partial charge is 0.493 e. The Morgan fingerprint density at radius 2 is 1.65 bits per heavy atom. The summed E-state index contributed by atoms with van der Waals surface area (Å²) in [5.74, 6) is 1.02. The summed E-state index contributed by atoms with van der Waals surface area (Å²) in [6.45, 7) is 2.27. The number of carbonyl (C=O) groups excluding carboxylic acids is 1. The van der Waals surface area contributed by atoms with Crippen LogP contribution in [0.4, 0.5) is 5.69 Å². The topological polar surface area (TPSA) is 54.0 Å². The average Bonchev–Trinajstić information content (AvgIpc) is 2.88. The van der Waals surface area contributed by atoms with Gasteiger partial charge < -0.3 is 19.7 Å². The molecule has 3 aromatic carbocycles. The SMILES string of the molecule is COc1ccccc1OCC(=O)NC[C@@H](c1ccc(N(C)C)cc1)N1CCc2ccccc2C1. The number of rotatable bonds is 9. The highest BCUT2D eigenvalue weighted by Crippen LogP contribution is 2.29. The standard InChI is InChI=1S/C28H33N3O3/c1-30(2)24-14-12-22(13-15-24)25(31-17-16-21-8-4-5-9-23(21)19-31)18-29-28(32)20-34-27-11-7-6-10-26(27)33-3/h4-15,25H,16-20H2,1-3H3,(H,29,32)/t25-/m0/s1. The summed E-state index contributed by atoms with van der Waals surface area (Å²) < 4.78 is 11.0. The molecule has 1 amide bonds. The van der Waals surface area contributed by atoms with Crippen LogP contribution < -0.4 is 19.7 Å². The summed E-state index contributed by atoms with van der Waals surface area (Å²) in [6.07, 6.45) is 1.01. The summed E-state index contributed by atoms with van der Waals surface area (Å²) in [5, 5.41) is 3.09. The van der Waals surface area contributed by atoms with Crippen LogP contribution in [0.25, 0.3) is 0 Å². The predicted octanol–water partition coefficient (Wildman–Crippen LogP) is 4.06. The van der Waals surface area contributed by atoms with Gasteiger partial charge in [-0.25, -0.2) is 0 Å². The molecule has 1 aliphatic heterocycles. The third-order valence-electron chi connectivity index (χ3n) is 6.32. The van der Waals surface area contributed by atoms with E-state index in [-0.39, 0.29) is 18.6 Å². The van der Waals surface area contributed by atoms with Gasteiger partial charge >= 0.3 is 0 Å². The number of nitrogens with one attached hydrogen (secondary N) is 1. The smallest absolute Gasteiger partial charge is 0.258 e. The molecule has 3 aromatic rings. The molecule has 1 aliphatic rings. The van der Waals surface area contributed by atoms with Gasteiger partial charge in [-0.2, -0.15) is 0 Å². The fourth-order valence-corrected chi connectivity index (χ4v) is 4.38. The van der Waals surface area contributed by atoms with E-state index in [1.165, 1.54) is 16.7 Å². The highest BCUT2D eigenvalue weighted by Gasteiger charge is 2.25. The average molecular weight is 460 g/mol. The van der Waals surface area contributed by atoms with Crippen LogP contribution in [0.5, 0.6) is 11.5 Å². The van der Waals surface area contributed by atoms with Gasteiger partial charge in [-0.05, 0) is 47.4 Å². The number of benzene rings is 3.